The predicted octanol–water partition coefficient (Wildman–Crippen LogP) is 6.64. The summed E-state index contributed by atoms with van der Waals surface area (Å²) in [7, 11) is 4.80. The quantitative estimate of drug-likeness (QED) is 0.0769. The summed E-state index contributed by atoms with van der Waals surface area (Å²) in [5, 5.41) is 24.0. The fourth-order valence-corrected chi connectivity index (χ4v) is 6.00. The average Bonchev–Trinajstić information content (AvgIpc) is 3.06. The fraction of sp³-hybridized carbons (Fsp3) is 0.641. The smallest absolute Gasteiger partial charge is 0.238 e. The van der Waals surface area contributed by atoms with E-state index in [0.29, 0.717) is 43.3 Å². The first kappa shape index (κ1) is 42.5. The fourth-order valence-electron chi connectivity index (χ4n) is 6.00. The van der Waals surface area contributed by atoms with Gasteiger partial charge in [0.1, 0.15) is 17.6 Å². The van der Waals surface area contributed by atoms with E-state index in [1.807, 2.05) is 70.2 Å². The van der Waals surface area contributed by atoms with Crippen molar-refractivity contribution in [3.63, 3.8) is 0 Å². The number of aliphatic hydroxyl groups is 1. The van der Waals surface area contributed by atoms with Crippen molar-refractivity contribution in [1.29, 1.82) is 0 Å². The lowest BCUT2D eigenvalue weighted by molar-refractivity contribution is -0.537. The molecule has 0 saturated carbocycles. The van der Waals surface area contributed by atoms with Crippen LogP contribution in [0.15, 0.2) is 42.5 Å². The van der Waals surface area contributed by atoms with Crippen LogP contribution in [0.3, 0.4) is 0 Å². The summed E-state index contributed by atoms with van der Waals surface area (Å²) in [6.07, 6.45) is -0.0476. The Labute approximate surface area is 298 Å². The van der Waals surface area contributed by atoms with E-state index in [0.717, 1.165) is 11.1 Å². The number of amides is 1. The van der Waals surface area contributed by atoms with Crippen LogP contribution in [-0.4, -0.2) is 79.9 Å². The van der Waals surface area contributed by atoms with Gasteiger partial charge in [-0.2, -0.15) is 0 Å². The highest BCUT2D eigenvalue weighted by molar-refractivity contribution is 5.84. The van der Waals surface area contributed by atoms with Gasteiger partial charge in [-0.25, -0.2) is 0 Å². The first-order valence-corrected chi connectivity index (χ1v) is 17.6. The number of ketones is 1. The molecule has 2 rings (SSSR count). The van der Waals surface area contributed by atoms with Crippen LogP contribution in [-0.2, 0) is 27.3 Å². The number of ether oxygens (including phenoxy) is 4. The number of methoxy groups -OCH3 is 3. The summed E-state index contributed by atoms with van der Waals surface area (Å²) in [6, 6.07) is 11.8. The van der Waals surface area contributed by atoms with Gasteiger partial charge in [0.2, 0.25) is 11.9 Å². The van der Waals surface area contributed by atoms with Gasteiger partial charge < -0.3 is 29.0 Å². The maximum absolute atomic E-state index is 14.3. The van der Waals surface area contributed by atoms with E-state index in [4.69, 9.17) is 18.9 Å². The largest absolute Gasteiger partial charge is 0.497 e. The SMILES string of the molecule is COCCCOc1cc(C[C@@H](C[C@@H]([C@@H](O)C[C@H](C(=O)N(Cc2ccc(OC)cc2)CC(C)(C)C(C)=O)C(C)C)[N+](=O)[O-])C(C)C)ccc1OC. The molecule has 0 heterocycles. The third-order valence-electron chi connectivity index (χ3n) is 9.68. The molecule has 50 heavy (non-hydrogen) atoms. The maximum atomic E-state index is 14.3. The molecule has 0 aliphatic heterocycles. The van der Waals surface area contributed by atoms with Crippen molar-refractivity contribution in [2.45, 2.75) is 92.8 Å². The standard InChI is InChI=1S/C39H60N2O9/c1-26(2)31(20-30-14-17-36(49-10)37(21-30)50-19-11-18-47-8)22-34(41(45)46)35(43)23-33(27(3)4)38(44)40(25-39(6,7)28(5)42)24-29-12-15-32(48-9)16-13-29/h12-17,21,26-27,31,33-35,43H,11,18-20,22-25H2,1-10H3/t31-,33-,34-,35-/m0/s1. The van der Waals surface area contributed by atoms with E-state index in [1.165, 1.54) is 6.92 Å². The molecule has 0 aromatic heterocycles. The van der Waals surface area contributed by atoms with E-state index in [-0.39, 0.29) is 55.4 Å². The summed E-state index contributed by atoms with van der Waals surface area (Å²) < 4.78 is 21.8. The summed E-state index contributed by atoms with van der Waals surface area (Å²) in [5.74, 6) is 0.603. The van der Waals surface area contributed by atoms with E-state index in [1.54, 1.807) is 40.1 Å². The van der Waals surface area contributed by atoms with Crippen molar-refractivity contribution in [1.82, 2.24) is 4.90 Å². The Bertz CT molecular complexity index is 1360. The number of rotatable bonds is 23. The molecule has 1 amide bonds. The number of hydrogen-bond acceptors (Lipinski definition) is 9. The van der Waals surface area contributed by atoms with Gasteiger partial charge in [-0.15, -0.1) is 0 Å². The van der Waals surface area contributed by atoms with Crippen molar-refractivity contribution in [3.8, 4) is 17.2 Å². The molecule has 0 aliphatic carbocycles. The molecule has 11 heteroatoms. The number of nitrogens with zero attached hydrogens (tertiary/aromatic N) is 2. The van der Waals surface area contributed by atoms with E-state index < -0.39 is 28.4 Å². The second kappa shape index (κ2) is 20.2. The molecule has 1 N–H and O–H groups in total. The van der Waals surface area contributed by atoms with Gasteiger partial charge >= 0.3 is 0 Å². The van der Waals surface area contributed by atoms with Crippen LogP contribution in [0.5, 0.6) is 17.2 Å². The second-order valence-electron chi connectivity index (χ2n) is 14.6. The van der Waals surface area contributed by atoms with Crippen molar-refractivity contribution < 1.29 is 38.6 Å². The molecule has 0 bridgehead atoms. The van der Waals surface area contributed by atoms with Gasteiger partial charge in [0.05, 0.1) is 20.8 Å². The molecular formula is C39H60N2O9. The van der Waals surface area contributed by atoms with Crippen LogP contribution >= 0.6 is 0 Å². The number of carbonyl (C=O) groups is 2. The average molecular weight is 701 g/mol. The lowest BCUT2D eigenvalue weighted by Gasteiger charge is -2.35. The highest BCUT2D eigenvalue weighted by Gasteiger charge is 2.40. The first-order valence-electron chi connectivity index (χ1n) is 17.6. The van der Waals surface area contributed by atoms with Crippen LogP contribution in [0.25, 0.3) is 0 Å². The minimum Gasteiger partial charge on any atom is -0.497 e. The normalized spacial score (nSPS) is 14.2. The number of aliphatic hydroxyl groups excluding tert-OH is 1. The molecule has 0 aliphatic rings. The second-order valence-corrected chi connectivity index (χ2v) is 14.6. The maximum Gasteiger partial charge on any atom is 0.238 e. The Balaban J connectivity index is 2.32. The Morgan fingerprint density at radius 3 is 2.06 bits per heavy atom. The molecular weight excluding hydrogens is 640 g/mol. The summed E-state index contributed by atoms with van der Waals surface area (Å²) in [5.41, 5.74) is 0.985. The molecule has 0 unspecified atom stereocenters. The molecule has 2 aromatic rings. The summed E-state index contributed by atoms with van der Waals surface area (Å²) in [6.45, 7) is 14.4. The minimum absolute atomic E-state index is 0.0547. The van der Waals surface area contributed by atoms with E-state index in [2.05, 4.69) is 0 Å². The number of carbonyl (C=O) groups excluding carboxylic acids is 2. The van der Waals surface area contributed by atoms with Crippen molar-refractivity contribution in [2.24, 2.45) is 29.1 Å². The number of Topliss-reactive ketones (excluding diaryl/α,β-unsaturated/α-hetero) is 1. The molecule has 0 spiro atoms. The Hall–Kier alpha value is -3.70. The molecule has 11 nitrogen and oxygen atoms in total. The van der Waals surface area contributed by atoms with Gasteiger partial charge in [0.25, 0.3) is 0 Å². The van der Waals surface area contributed by atoms with Gasteiger partial charge in [-0.05, 0) is 72.9 Å². The zero-order valence-corrected chi connectivity index (χ0v) is 31.8. The van der Waals surface area contributed by atoms with Gasteiger partial charge in [0, 0.05) is 55.9 Å². The highest BCUT2D eigenvalue weighted by atomic mass is 16.6. The zero-order chi connectivity index (χ0) is 37.6. The number of hydrogen-bond donors (Lipinski definition) is 1. The van der Waals surface area contributed by atoms with Crippen LogP contribution in [0.2, 0.25) is 0 Å². The highest BCUT2D eigenvalue weighted by Crippen LogP contribution is 2.33. The topological polar surface area (TPSA) is 138 Å². The molecule has 280 valence electrons. The number of nitro groups is 1. The third kappa shape index (κ3) is 12.9. The Kier molecular flexibility index (Phi) is 17.2. The number of benzene rings is 2. The summed E-state index contributed by atoms with van der Waals surface area (Å²) in [4.78, 5) is 40.6. The molecule has 0 radical (unpaired) electrons. The molecule has 2 aromatic carbocycles. The molecule has 0 fully saturated rings. The van der Waals surface area contributed by atoms with Gasteiger partial charge in [-0.3, -0.25) is 19.7 Å². The molecule has 0 saturated heterocycles. The van der Waals surface area contributed by atoms with Gasteiger partial charge in [0.15, 0.2) is 11.5 Å². The zero-order valence-electron chi connectivity index (χ0n) is 31.8. The Morgan fingerprint density at radius 1 is 0.900 bits per heavy atom. The minimum atomic E-state index is -1.36. The lowest BCUT2D eigenvalue weighted by atomic mass is 9.80. The van der Waals surface area contributed by atoms with Crippen LogP contribution < -0.4 is 14.2 Å². The summed E-state index contributed by atoms with van der Waals surface area (Å²) >= 11 is 0. The van der Waals surface area contributed by atoms with Crippen LogP contribution in [0.4, 0.5) is 0 Å². The first-order chi connectivity index (χ1) is 23.5. The van der Waals surface area contributed by atoms with Crippen molar-refractivity contribution in [2.75, 3.05) is 41.1 Å². The monoisotopic (exact) mass is 700 g/mol. The van der Waals surface area contributed by atoms with E-state index in [9.17, 15) is 24.8 Å². The lowest BCUT2D eigenvalue weighted by Crippen LogP contribution is -2.47. The molecule has 4 atom stereocenters. The van der Waals surface area contributed by atoms with Crippen LogP contribution in [0, 0.1) is 39.2 Å². The van der Waals surface area contributed by atoms with Crippen molar-refractivity contribution >= 4 is 11.7 Å². The Morgan fingerprint density at radius 2 is 1.54 bits per heavy atom. The van der Waals surface area contributed by atoms with Gasteiger partial charge in [-0.1, -0.05) is 59.7 Å². The van der Waals surface area contributed by atoms with Crippen LogP contribution in [0.1, 0.15) is 78.9 Å². The predicted molar refractivity (Wildman–Crippen MR) is 194 cm³/mol. The van der Waals surface area contributed by atoms with E-state index >= 15 is 0 Å². The van der Waals surface area contributed by atoms with Crippen molar-refractivity contribution in [3.05, 3.63) is 63.7 Å². The third-order valence-corrected chi connectivity index (χ3v) is 9.68.